The Kier molecular flexibility index (Phi) is 8.54. The smallest absolute Gasteiger partial charge is 0.489 e. The van der Waals surface area contributed by atoms with Crippen LogP contribution in [0.25, 0.3) is 11.2 Å². The molecule has 7 atom stereocenters. The van der Waals surface area contributed by atoms with E-state index in [9.17, 15) is 43.4 Å². The Morgan fingerprint density at radius 2 is 1.82 bits per heavy atom. The number of para-hydroxylation sites is 2. The number of benzene rings is 1. The molecule has 3 heterocycles. The molecular weight excluding hydrogens is 605 g/mol. The lowest BCUT2D eigenvalue weighted by atomic mass is 10.1. The quantitative estimate of drug-likeness (QED) is 0.127. The van der Waals surface area contributed by atoms with Gasteiger partial charge in [-0.3, -0.25) is 24.0 Å². The molecule has 40 heavy (non-hydrogen) atoms. The predicted octanol–water partition coefficient (Wildman–Crippen LogP) is -0.207. The Balaban J connectivity index is 1.40. The maximum absolute atomic E-state index is 12.3. The van der Waals surface area contributed by atoms with Crippen molar-refractivity contribution in [2.75, 3.05) is 24.5 Å². The summed E-state index contributed by atoms with van der Waals surface area (Å²) < 4.78 is 61.1. The number of phosphoric acid groups is 2. The molecule has 4 rings (SSSR count). The molecule has 1 aromatic carbocycles. The minimum atomic E-state index is -5.75. The van der Waals surface area contributed by atoms with Gasteiger partial charge in [0.25, 0.3) is 5.56 Å². The molecule has 1 aliphatic heterocycles. The number of aliphatic hydroxyl groups excluding tert-OH is 2. The van der Waals surface area contributed by atoms with Gasteiger partial charge in [0.05, 0.1) is 25.7 Å². The molecule has 0 amide bonds. The Morgan fingerprint density at radius 3 is 2.52 bits per heavy atom. The van der Waals surface area contributed by atoms with Crippen molar-refractivity contribution in [2.45, 2.75) is 24.5 Å². The van der Waals surface area contributed by atoms with E-state index in [1.165, 1.54) is 31.4 Å². The summed E-state index contributed by atoms with van der Waals surface area (Å²) in [5.74, 6) is -0.206. The van der Waals surface area contributed by atoms with Crippen molar-refractivity contribution in [1.82, 2.24) is 19.5 Å². The molecule has 1 fully saturated rings. The summed E-state index contributed by atoms with van der Waals surface area (Å²) in [7, 11) is -15.2. The second-order valence-corrected chi connectivity index (χ2v) is 12.8. The zero-order valence-electron chi connectivity index (χ0n) is 20.1. The molecule has 3 aromatic rings. The summed E-state index contributed by atoms with van der Waals surface area (Å²) in [5, 5.41) is 22.7. The van der Waals surface area contributed by atoms with Gasteiger partial charge in [0.2, 0.25) is 5.95 Å². The molecule has 20 nitrogen and oxygen atoms in total. The molecule has 0 bridgehead atoms. The van der Waals surface area contributed by atoms with Gasteiger partial charge >= 0.3 is 23.4 Å². The van der Waals surface area contributed by atoms with Crippen molar-refractivity contribution in [1.29, 1.82) is 0 Å². The van der Waals surface area contributed by atoms with Gasteiger partial charge in [-0.25, -0.2) is 18.7 Å². The lowest BCUT2D eigenvalue weighted by Crippen LogP contribution is -2.33. The number of imidazole rings is 1. The Labute approximate surface area is 223 Å². The number of anilines is 2. The maximum Gasteiger partial charge on any atom is 0.489 e. The summed E-state index contributed by atoms with van der Waals surface area (Å²) in [4.78, 5) is 51.6. The topological polar surface area (TPSA) is 300 Å². The molecule has 220 valence electrons. The second kappa shape index (κ2) is 11.3. The van der Waals surface area contributed by atoms with Crippen LogP contribution in [0.5, 0.6) is 5.75 Å². The molecular formula is C17H23N6O14P3. The van der Waals surface area contributed by atoms with Crippen molar-refractivity contribution >= 4 is 46.2 Å². The lowest BCUT2D eigenvalue weighted by Gasteiger charge is -2.21. The van der Waals surface area contributed by atoms with Crippen LogP contribution in [-0.4, -0.2) is 76.4 Å². The third-order valence-electron chi connectivity index (χ3n) is 5.25. The van der Waals surface area contributed by atoms with E-state index in [1.54, 1.807) is 0 Å². The number of H-pyrrole nitrogens is 1. The van der Waals surface area contributed by atoms with Gasteiger partial charge in [-0.15, -0.1) is 0 Å². The summed E-state index contributed by atoms with van der Waals surface area (Å²) >= 11 is 0. The summed E-state index contributed by atoms with van der Waals surface area (Å²) in [6.45, 7) is -0.998. The van der Waals surface area contributed by atoms with E-state index in [1.807, 2.05) is 5.09 Å². The molecule has 1 aliphatic rings. The lowest BCUT2D eigenvalue weighted by molar-refractivity contribution is -0.0503. The molecule has 0 radical (unpaired) electrons. The number of nitrogen functional groups attached to an aromatic ring is 1. The van der Waals surface area contributed by atoms with Crippen molar-refractivity contribution in [3.63, 3.8) is 0 Å². The molecule has 2 aromatic heterocycles. The number of nitrogens with one attached hydrogen (secondary N) is 2. The molecule has 0 spiro atoms. The van der Waals surface area contributed by atoms with Crippen LogP contribution in [-0.2, 0) is 31.6 Å². The Bertz CT molecular complexity index is 1600. The van der Waals surface area contributed by atoms with E-state index >= 15 is 0 Å². The number of phosphoric ester groups is 1. The van der Waals surface area contributed by atoms with E-state index in [-0.39, 0.29) is 28.5 Å². The Morgan fingerprint density at radius 1 is 1.12 bits per heavy atom. The number of aromatic amines is 1. The highest BCUT2D eigenvalue weighted by molar-refractivity contribution is 7.68. The van der Waals surface area contributed by atoms with Gasteiger partial charge in [-0.05, 0) is 12.1 Å². The normalized spacial score (nSPS) is 25.6. The third kappa shape index (κ3) is 6.77. The number of aromatic nitrogens is 4. The first-order chi connectivity index (χ1) is 18.6. The minimum Gasteiger partial charge on any atom is -0.495 e. The molecule has 0 saturated carbocycles. The summed E-state index contributed by atoms with van der Waals surface area (Å²) in [5.41, 5.74) is 4.46. The van der Waals surface area contributed by atoms with E-state index < -0.39 is 60.1 Å². The van der Waals surface area contributed by atoms with Gasteiger partial charge in [-0.2, -0.15) is 13.6 Å². The van der Waals surface area contributed by atoms with Crippen molar-refractivity contribution in [3.8, 4) is 5.75 Å². The number of ether oxygens (including phenoxy) is 2. The average molecular weight is 628 g/mol. The average Bonchev–Trinajstić information content (AvgIpc) is 3.37. The minimum absolute atomic E-state index is 0.0654. The van der Waals surface area contributed by atoms with Gasteiger partial charge < -0.3 is 40.1 Å². The number of nitrogens with two attached hydrogens (primary N) is 1. The van der Waals surface area contributed by atoms with Gasteiger partial charge in [0, 0.05) is 0 Å². The van der Waals surface area contributed by atoms with Crippen molar-refractivity contribution in [2.24, 2.45) is 0 Å². The van der Waals surface area contributed by atoms with Crippen LogP contribution in [0.3, 0.4) is 0 Å². The monoisotopic (exact) mass is 628 g/mol. The van der Waals surface area contributed by atoms with Gasteiger partial charge in [0.15, 0.2) is 17.4 Å². The van der Waals surface area contributed by atoms with E-state index in [4.69, 9.17) is 15.2 Å². The molecule has 3 unspecified atom stereocenters. The zero-order valence-corrected chi connectivity index (χ0v) is 22.8. The van der Waals surface area contributed by atoms with Crippen LogP contribution in [0, 0.1) is 0 Å². The van der Waals surface area contributed by atoms with Crippen LogP contribution < -0.4 is 21.1 Å². The first kappa shape index (κ1) is 30.3. The summed E-state index contributed by atoms with van der Waals surface area (Å²) in [6, 6.07) is 5.65. The number of methoxy groups -OCH3 is 1. The SMILES string of the molecule is COc1ccccc1NP(=O)(O)OP(=O)(O)OP(=O)(O)OC[C@H]1O[C@@H](n2cnc3c(=O)[nH]c(N)nc32)[C@H](O)[C@@H]1O. The number of aliphatic hydroxyl groups is 2. The maximum atomic E-state index is 12.3. The largest absolute Gasteiger partial charge is 0.495 e. The molecule has 9 N–H and O–H groups in total. The standard InChI is InChI=1S/C17H23N6O14P3/c1-33-9-5-3-2-4-8(9)22-38(27,28)36-40(31,32)37-39(29,30)34-6-10-12(24)13(25)16(35-10)23-7-19-11-14(23)20-17(18)21-15(11)26/h2-5,7,10,12-13,16,24-25H,6H2,1H3,(H,29,30)(H,31,32)(H2,22,27,28)(H3,18,20,21,26)/t10-,12-,13-,16-/m1/s1. The first-order valence-electron chi connectivity index (χ1n) is 10.8. The number of nitrogens with zero attached hydrogens (tertiary/aromatic N) is 3. The van der Waals surface area contributed by atoms with Crippen LogP contribution >= 0.6 is 23.4 Å². The zero-order chi connectivity index (χ0) is 29.5. The van der Waals surface area contributed by atoms with Gasteiger partial charge in [-0.1, -0.05) is 12.1 Å². The summed E-state index contributed by atoms with van der Waals surface area (Å²) in [6.07, 6.45) is -5.32. The number of hydrogen-bond donors (Lipinski definition) is 8. The van der Waals surface area contributed by atoms with Crippen LogP contribution in [0.4, 0.5) is 11.6 Å². The van der Waals surface area contributed by atoms with Crippen molar-refractivity contribution < 1.29 is 61.2 Å². The fourth-order valence-electron chi connectivity index (χ4n) is 3.61. The van der Waals surface area contributed by atoms with Crippen LogP contribution in [0.2, 0.25) is 0 Å². The predicted molar refractivity (Wildman–Crippen MR) is 133 cm³/mol. The highest BCUT2D eigenvalue weighted by atomic mass is 31.3. The first-order valence-corrected chi connectivity index (χ1v) is 15.4. The number of fused-ring (bicyclic) bond motifs is 1. The highest BCUT2D eigenvalue weighted by Gasteiger charge is 2.47. The van der Waals surface area contributed by atoms with E-state index in [0.717, 1.165) is 10.9 Å². The number of rotatable bonds is 11. The Hall–Kier alpha value is -2.70. The van der Waals surface area contributed by atoms with Crippen LogP contribution in [0.1, 0.15) is 6.23 Å². The number of hydrogen-bond acceptors (Lipinski definition) is 14. The third-order valence-corrected chi connectivity index (χ3v) is 9.61. The van der Waals surface area contributed by atoms with Crippen molar-refractivity contribution in [3.05, 3.63) is 40.9 Å². The van der Waals surface area contributed by atoms with Gasteiger partial charge in [0.1, 0.15) is 24.1 Å². The second-order valence-electron chi connectivity index (χ2n) is 8.05. The molecule has 0 aliphatic carbocycles. The van der Waals surface area contributed by atoms with Crippen LogP contribution in [0.15, 0.2) is 35.4 Å². The fourth-order valence-corrected chi connectivity index (χ4v) is 7.34. The molecule has 23 heteroatoms. The molecule has 1 saturated heterocycles. The fraction of sp³-hybridized carbons (Fsp3) is 0.353. The van der Waals surface area contributed by atoms with E-state index in [2.05, 4.69) is 28.1 Å². The highest BCUT2D eigenvalue weighted by Crippen LogP contribution is 2.67. The van der Waals surface area contributed by atoms with E-state index in [0.29, 0.717) is 0 Å².